The van der Waals surface area contributed by atoms with Gasteiger partial charge in [-0.05, 0) is 29.3 Å². The van der Waals surface area contributed by atoms with Crippen molar-refractivity contribution in [3.63, 3.8) is 0 Å². The van der Waals surface area contributed by atoms with Crippen LogP contribution >= 0.6 is 11.6 Å². The number of carbonyl (C=O) groups excluding carboxylic acids is 2. The van der Waals surface area contributed by atoms with Crippen LogP contribution in [0.2, 0.25) is 5.02 Å². The summed E-state index contributed by atoms with van der Waals surface area (Å²) in [5.41, 5.74) is -4.85. The molecule has 0 radical (unpaired) electrons. The summed E-state index contributed by atoms with van der Waals surface area (Å²) in [6, 6.07) is 9.02. The van der Waals surface area contributed by atoms with Crippen molar-refractivity contribution in [3.05, 3.63) is 115 Å². The van der Waals surface area contributed by atoms with E-state index in [-0.39, 0.29) is 12.0 Å². The van der Waals surface area contributed by atoms with Crippen molar-refractivity contribution in [2.45, 2.75) is 18.6 Å². The summed E-state index contributed by atoms with van der Waals surface area (Å²) in [7, 11) is 2.55. The smallest absolute Gasteiger partial charge is 0.337 e. The number of hydrogen-bond acceptors (Lipinski definition) is 5. The monoisotopic (exact) mass is 558 g/mol. The molecule has 1 amide bonds. The largest absolute Gasteiger partial charge is 0.434 e. The minimum Gasteiger partial charge on any atom is -0.337 e. The first-order chi connectivity index (χ1) is 18.3. The zero-order valence-corrected chi connectivity index (χ0v) is 21.7. The Kier molecular flexibility index (Phi) is 7.22. The van der Waals surface area contributed by atoms with Crippen molar-refractivity contribution >= 4 is 29.4 Å². The Morgan fingerprint density at radius 3 is 2.49 bits per heavy atom. The molecular formula is C27H22ClF3N4O4. The van der Waals surface area contributed by atoms with Crippen LogP contribution in [0.4, 0.5) is 13.2 Å². The van der Waals surface area contributed by atoms with E-state index < -0.39 is 51.6 Å². The van der Waals surface area contributed by atoms with E-state index >= 15 is 0 Å². The molecule has 8 nitrogen and oxygen atoms in total. The fourth-order valence-electron chi connectivity index (χ4n) is 4.62. The van der Waals surface area contributed by atoms with Crippen LogP contribution in [0.15, 0.2) is 70.4 Å². The normalized spacial score (nSPS) is 18.9. The van der Waals surface area contributed by atoms with Gasteiger partial charge in [0.05, 0.1) is 5.69 Å². The number of benzene rings is 1. The van der Waals surface area contributed by atoms with Crippen LogP contribution < -0.4 is 16.6 Å². The number of alkyl halides is 3. The summed E-state index contributed by atoms with van der Waals surface area (Å²) in [6.45, 7) is 1.67. The van der Waals surface area contributed by atoms with E-state index in [1.807, 2.05) is 0 Å². The maximum absolute atomic E-state index is 13.9. The maximum Gasteiger partial charge on any atom is 0.434 e. The van der Waals surface area contributed by atoms with Crippen molar-refractivity contribution in [1.29, 1.82) is 0 Å². The lowest BCUT2D eigenvalue weighted by Gasteiger charge is -2.40. The number of carbonyl (C=O) groups is 2. The van der Waals surface area contributed by atoms with E-state index in [1.54, 1.807) is 43.3 Å². The Hall–Kier alpha value is -4.25. The van der Waals surface area contributed by atoms with Crippen molar-refractivity contribution in [1.82, 2.24) is 19.4 Å². The molecule has 1 aliphatic rings. The van der Waals surface area contributed by atoms with Crippen LogP contribution in [0.5, 0.6) is 0 Å². The van der Waals surface area contributed by atoms with E-state index in [0.29, 0.717) is 16.2 Å². The van der Waals surface area contributed by atoms with Crippen molar-refractivity contribution < 1.29 is 22.8 Å². The zero-order valence-electron chi connectivity index (χ0n) is 20.9. The molecule has 2 atom stereocenters. The van der Waals surface area contributed by atoms with Gasteiger partial charge in [-0.3, -0.25) is 19.0 Å². The number of nitrogens with one attached hydrogen (secondary N) is 1. The molecule has 3 aromatic rings. The van der Waals surface area contributed by atoms with Gasteiger partial charge in [0.1, 0.15) is 11.1 Å². The number of hydrogen-bond donors (Lipinski definition) is 1. The third-order valence-electron chi connectivity index (χ3n) is 6.73. The Morgan fingerprint density at radius 1 is 1.15 bits per heavy atom. The van der Waals surface area contributed by atoms with Crippen molar-refractivity contribution in [2.24, 2.45) is 20.0 Å². The topological polar surface area (TPSA) is 103 Å². The molecule has 2 heterocycles. The molecule has 0 spiro atoms. The van der Waals surface area contributed by atoms with Crippen molar-refractivity contribution in [3.8, 4) is 0 Å². The third kappa shape index (κ3) is 4.85. The van der Waals surface area contributed by atoms with Crippen LogP contribution in [0, 0.1) is 5.92 Å². The molecule has 1 N–H and O–H groups in total. The molecule has 2 unspecified atom stereocenters. The quantitative estimate of drug-likeness (QED) is 0.479. The van der Waals surface area contributed by atoms with Crippen LogP contribution in [0.1, 0.15) is 44.6 Å². The van der Waals surface area contributed by atoms with Crippen LogP contribution in [-0.4, -0.2) is 26.3 Å². The third-order valence-corrected chi connectivity index (χ3v) is 7.06. The molecule has 1 aliphatic carbocycles. The molecule has 0 fully saturated rings. The van der Waals surface area contributed by atoms with E-state index in [2.05, 4.69) is 10.3 Å². The zero-order chi connectivity index (χ0) is 28.7. The van der Waals surface area contributed by atoms with Gasteiger partial charge in [-0.25, -0.2) is 9.78 Å². The number of aldehydes is 1. The first-order valence-corrected chi connectivity index (χ1v) is 12.0. The summed E-state index contributed by atoms with van der Waals surface area (Å²) in [5.74, 6) is -1.71. The molecule has 0 saturated carbocycles. The molecule has 12 heteroatoms. The number of nitrogens with zero attached hydrogens (tertiary/aromatic N) is 3. The number of amides is 1. The number of rotatable bonds is 5. The highest BCUT2D eigenvalue weighted by molar-refractivity contribution is 6.32. The molecule has 1 aromatic carbocycles. The molecule has 2 aromatic heterocycles. The van der Waals surface area contributed by atoms with E-state index in [0.717, 1.165) is 21.4 Å². The fraction of sp³-hybridized carbons (Fsp3) is 0.222. The second-order valence-corrected chi connectivity index (χ2v) is 9.46. The number of aromatic nitrogens is 3. The first kappa shape index (κ1) is 27.8. The van der Waals surface area contributed by atoms with Gasteiger partial charge in [0.2, 0.25) is 0 Å². The maximum atomic E-state index is 13.9. The molecule has 0 saturated heterocycles. The molecule has 202 valence electrons. The van der Waals surface area contributed by atoms with Gasteiger partial charge in [-0.15, -0.1) is 0 Å². The van der Waals surface area contributed by atoms with Gasteiger partial charge < -0.3 is 9.88 Å². The first-order valence-electron chi connectivity index (χ1n) is 11.6. The number of halogens is 4. The Bertz CT molecular complexity index is 1670. The lowest BCUT2D eigenvalue weighted by molar-refractivity contribution is -0.141. The Balaban J connectivity index is 1.95. The molecular weight excluding hydrogens is 537 g/mol. The number of aryl methyl sites for hydroxylation is 1. The van der Waals surface area contributed by atoms with Gasteiger partial charge in [-0.1, -0.05) is 55.0 Å². The minimum atomic E-state index is -4.96. The molecule has 4 rings (SSSR count). The van der Waals surface area contributed by atoms with E-state index in [9.17, 15) is 32.3 Å². The summed E-state index contributed by atoms with van der Waals surface area (Å²) < 4.78 is 43.4. The lowest BCUT2D eigenvalue weighted by Crippen LogP contribution is -2.52. The predicted molar refractivity (Wildman–Crippen MR) is 138 cm³/mol. The average molecular weight is 559 g/mol. The van der Waals surface area contributed by atoms with Crippen LogP contribution in [0.3, 0.4) is 0 Å². The number of pyridine rings is 1. The highest BCUT2D eigenvalue weighted by Gasteiger charge is 2.45. The van der Waals surface area contributed by atoms with Crippen LogP contribution in [-0.2, 0) is 25.8 Å². The Morgan fingerprint density at radius 2 is 1.85 bits per heavy atom. The predicted octanol–water partition coefficient (Wildman–Crippen LogP) is 3.88. The minimum absolute atomic E-state index is 0.0499. The summed E-state index contributed by atoms with van der Waals surface area (Å²) in [6.07, 6.45) is 0.861. The van der Waals surface area contributed by atoms with E-state index in [4.69, 9.17) is 11.6 Å². The standard InChI is InChI=1S/C27H22ClF3N4O4/c1-15-17(18-7-4-5-9-20(18)28)8-6-12-26(15,21-11-10-16(14-36)22(32-21)27(29,30)31)33-23(37)19-13-34(2)25(39)35(3)24(19)38/h4-15H,1-3H3,(H,33,37). The second-order valence-electron chi connectivity index (χ2n) is 9.06. The number of allylic oxidation sites excluding steroid dienone is 2. The van der Waals surface area contributed by atoms with Crippen molar-refractivity contribution in [2.75, 3.05) is 0 Å². The second kappa shape index (κ2) is 10.1. The van der Waals surface area contributed by atoms with Gasteiger partial charge in [0, 0.05) is 36.8 Å². The average Bonchev–Trinajstić information content (AvgIpc) is 2.90. The molecule has 0 aliphatic heterocycles. The summed E-state index contributed by atoms with van der Waals surface area (Å²) in [4.78, 5) is 53.6. The van der Waals surface area contributed by atoms with E-state index in [1.165, 1.54) is 26.2 Å². The van der Waals surface area contributed by atoms with Gasteiger partial charge >= 0.3 is 11.9 Å². The van der Waals surface area contributed by atoms with Gasteiger partial charge in [-0.2, -0.15) is 13.2 Å². The molecule has 0 bridgehead atoms. The summed E-state index contributed by atoms with van der Waals surface area (Å²) >= 11 is 6.43. The highest BCUT2D eigenvalue weighted by Crippen LogP contribution is 2.44. The molecule has 39 heavy (non-hydrogen) atoms. The summed E-state index contributed by atoms with van der Waals surface area (Å²) in [5, 5.41) is 3.08. The van der Waals surface area contributed by atoms with Gasteiger partial charge in [0.15, 0.2) is 12.0 Å². The van der Waals surface area contributed by atoms with Crippen LogP contribution in [0.25, 0.3) is 5.57 Å². The van der Waals surface area contributed by atoms with Gasteiger partial charge in [0.25, 0.3) is 11.5 Å². The SMILES string of the molecule is CC1C(c2ccccc2Cl)=CC=CC1(NC(=O)c1cn(C)c(=O)n(C)c1=O)c1ccc(C=O)c(C(F)(F)F)n1. The Labute approximate surface area is 225 Å². The highest BCUT2D eigenvalue weighted by atomic mass is 35.5. The lowest BCUT2D eigenvalue weighted by atomic mass is 9.72. The fourth-order valence-corrected chi connectivity index (χ4v) is 4.86.